The molecule has 0 unspecified atom stereocenters. The Kier molecular flexibility index (Phi) is 12.1. The number of anilines is 4. The van der Waals surface area contributed by atoms with Gasteiger partial charge in [-0.05, 0) is 92.1 Å². The molecule has 68 heavy (non-hydrogen) atoms. The first-order chi connectivity index (χ1) is 32.0. The average molecular weight is 1070 g/mol. The smallest absolute Gasteiger partial charge is 0.135 e. The van der Waals surface area contributed by atoms with Crippen molar-refractivity contribution < 1.29 is 25.8 Å². The van der Waals surface area contributed by atoms with Crippen LogP contribution in [0.3, 0.4) is 0 Å². The van der Waals surface area contributed by atoms with Gasteiger partial charge in [0.1, 0.15) is 5.82 Å². The van der Waals surface area contributed by atoms with Crippen LogP contribution in [0.5, 0.6) is 11.5 Å². The second kappa shape index (κ2) is 17.6. The van der Waals surface area contributed by atoms with Crippen LogP contribution in [-0.4, -0.2) is 9.55 Å². The Bertz CT molecular complexity index is 3280. The van der Waals surface area contributed by atoms with Crippen molar-refractivity contribution in [3.8, 4) is 17.3 Å². The van der Waals surface area contributed by atoms with E-state index in [2.05, 4.69) is 248 Å². The number of ether oxygens (including phenoxy) is 1. The summed E-state index contributed by atoms with van der Waals surface area (Å²) in [6, 6.07) is 65.7. The summed E-state index contributed by atoms with van der Waals surface area (Å²) in [4.78, 5) is 9.56. The van der Waals surface area contributed by atoms with Crippen LogP contribution in [0.4, 0.5) is 22.7 Å². The van der Waals surface area contributed by atoms with Crippen LogP contribution in [0.2, 0.25) is 0 Å². The summed E-state index contributed by atoms with van der Waals surface area (Å²) < 4.78 is 8.96. The molecule has 7 aromatic carbocycles. The van der Waals surface area contributed by atoms with Gasteiger partial charge in [0, 0.05) is 72.2 Å². The van der Waals surface area contributed by atoms with Crippen LogP contribution in [0.15, 0.2) is 170 Å². The van der Waals surface area contributed by atoms with Crippen molar-refractivity contribution in [1.29, 1.82) is 0 Å². The topological polar surface area (TPSA) is 33.5 Å². The van der Waals surface area contributed by atoms with Crippen LogP contribution in [0, 0.1) is 18.8 Å². The molecule has 0 radical (unpaired) electrons. The first kappa shape index (κ1) is 46.7. The fourth-order valence-corrected chi connectivity index (χ4v) is 9.78. The number of hydrogen-bond acceptors (Lipinski definition) is 4. The van der Waals surface area contributed by atoms with E-state index in [0.29, 0.717) is 11.5 Å². The zero-order valence-corrected chi connectivity index (χ0v) is 43.0. The van der Waals surface area contributed by atoms with Gasteiger partial charge in [0.2, 0.25) is 0 Å². The Hall–Kier alpha value is -6.42. The number of aromatic nitrogens is 2. The van der Waals surface area contributed by atoms with Gasteiger partial charge in [-0.25, -0.2) is 4.98 Å². The van der Waals surface area contributed by atoms with Crippen LogP contribution in [0.25, 0.3) is 27.6 Å². The largest absolute Gasteiger partial charge is 0.509 e. The number of rotatable bonds is 9. The monoisotopic (exact) mass is 1070 g/mol. The van der Waals surface area contributed by atoms with E-state index in [4.69, 9.17) is 9.72 Å². The molecule has 0 spiro atoms. The zero-order chi connectivity index (χ0) is 46.9. The van der Waals surface area contributed by atoms with E-state index in [1.54, 1.807) is 0 Å². The Morgan fingerprint density at radius 2 is 1.04 bits per heavy atom. The van der Waals surface area contributed by atoms with Gasteiger partial charge in [0.05, 0.1) is 0 Å². The normalized spacial score (nSPS) is 13.2. The standard InChI is InChI=1S/C62H59N4O.Pt/c1-59(2,3)52-39-56-57(40-53(52)60(4,5)6)65(41-64(56)46-26-19-25-44(35-46)61(7,8)42-21-13-11-14-22-42)47-27-20-28-48(37-47)67-49-31-32-51-50-29-17-18-30-54(50)66(55(51)38-49)58-36-45(33-34-63-58)62(9,10)43-23-15-12-16-24-43;/h11-36,39-41H,1-10H3;/q-3;. The van der Waals surface area contributed by atoms with Crippen LogP contribution in [0.1, 0.15) is 103 Å². The minimum atomic E-state index is -0.229. The average Bonchev–Trinajstić information content (AvgIpc) is 3.87. The summed E-state index contributed by atoms with van der Waals surface area (Å²) in [7, 11) is 0. The summed E-state index contributed by atoms with van der Waals surface area (Å²) in [5.74, 6) is 2.03. The zero-order valence-electron chi connectivity index (χ0n) is 40.8. The van der Waals surface area contributed by atoms with E-state index in [1.165, 1.54) is 33.4 Å². The summed E-state index contributed by atoms with van der Waals surface area (Å²) in [6.45, 7) is 25.2. The minimum absolute atomic E-state index is 0. The van der Waals surface area contributed by atoms with Crippen molar-refractivity contribution >= 4 is 44.6 Å². The van der Waals surface area contributed by atoms with Gasteiger partial charge in [-0.2, -0.15) is 12.1 Å². The van der Waals surface area contributed by atoms with Gasteiger partial charge in [-0.15, -0.1) is 48.1 Å². The van der Waals surface area contributed by atoms with Crippen molar-refractivity contribution in [2.75, 3.05) is 9.80 Å². The number of hydrogen-bond donors (Lipinski definition) is 0. The molecule has 2 aromatic heterocycles. The van der Waals surface area contributed by atoms with Gasteiger partial charge in [-0.3, -0.25) is 0 Å². The second-order valence-electron chi connectivity index (χ2n) is 21.1. The van der Waals surface area contributed by atoms with Gasteiger partial charge < -0.3 is 19.1 Å². The van der Waals surface area contributed by atoms with Crippen LogP contribution < -0.4 is 14.5 Å². The molecule has 10 rings (SSSR count). The molecule has 0 saturated carbocycles. The molecular weight excluding hydrogens is 1010 g/mol. The number of nitrogens with zero attached hydrogens (tertiary/aromatic N) is 4. The van der Waals surface area contributed by atoms with E-state index >= 15 is 0 Å². The molecule has 346 valence electrons. The molecule has 1 aliphatic heterocycles. The van der Waals surface area contributed by atoms with Crippen molar-refractivity contribution in [2.24, 2.45) is 0 Å². The molecule has 0 atom stereocenters. The molecule has 3 heterocycles. The maximum Gasteiger partial charge on any atom is 0.135 e. The predicted molar refractivity (Wildman–Crippen MR) is 279 cm³/mol. The third-order valence-electron chi connectivity index (χ3n) is 13.8. The van der Waals surface area contributed by atoms with E-state index in [0.717, 1.165) is 50.4 Å². The fourth-order valence-electron chi connectivity index (χ4n) is 9.78. The molecule has 6 heteroatoms. The molecule has 9 aromatic rings. The summed E-state index contributed by atoms with van der Waals surface area (Å²) in [6.07, 6.45) is 1.92. The number of pyridine rings is 1. The Morgan fingerprint density at radius 1 is 0.485 bits per heavy atom. The van der Waals surface area contributed by atoms with Crippen molar-refractivity contribution in [3.05, 3.63) is 222 Å². The first-order valence-corrected chi connectivity index (χ1v) is 23.5. The molecule has 0 saturated heterocycles. The molecule has 0 N–H and O–H groups in total. The molecule has 0 fully saturated rings. The maximum absolute atomic E-state index is 6.75. The van der Waals surface area contributed by atoms with Crippen LogP contribution >= 0.6 is 0 Å². The van der Waals surface area contributed by atoms with E-state index in [-0.39, 0.29) is 42.7 Å². The molecule has 0 aliphatic carbocycles. The van der Waals surface area contributed by atoms with Crippen molar-refractivity contribution in [2.45, 2.75) is 90.9 Å². The Morgan fingerprint density at radius 3 is 1.69 bits per heavy atom. The minimum Gasteiger partial charge on any atom is -0.509 e. The van der Waals surface area contributed by atoms with Gasteiger partial charge in [0.15, 0.2) is 0 Å². The first-order valence-electron chi connectivity index (χ1n) is 23.5. The molecule has 5 nitrogen and oxygen atoms in total. The summed E-state index contributed by atoms with van der Waals surface area (Å²) in [5.41, 5.74) is 13.2. The molecule has 0 amide bonds. The number of para-hydroxylation sites is 1. The molecule has 0 bridgehead atoms. The van der Waals surface area contributed by atoms with E-state index in [1.807, 2.05) is 24.4 Å². The molecular formula is C62H59N4OPt-3. The Balaban J connectivity index is 0.00000578. The van der Waals surface area contributed by atoms with E-state index in [9.17, 15) is 0 Å². The second-order valence-corrected chi connectivity index (χ2v) is 21.1. The van der Waals surface area contributed by atoms with Gasteiger partial charge in [0.25, 0.3) is 0 Å². The number of benzene rings is 7. The quantitative estimate of drug-likeness (QED) is 0.135. The Labute approximate surface area is 417 Å². The number of fused-ring (bicyclic) bond motifs is 4. The molecule has 1 aliphatic rings. The van der Waals surface area contributed by atoms with Crippen LogP contribution in [-0.2, 0) is 42.7 Å². The third kappa shape index (κ3) is 8.45. The van der Waals surface area contributed by atoms with Gasteiger partial charge in [-0.1, -0.05) is 166 Å². The van der Waals surface area contributed by atoms with Crippen molar-refractivity contribution in [3.63, 3.8) is 0 Å². The maximum atomic E-state index is 6.75. The predicted octanol–water partition coefficient (Wildman–Crippen LogP) is 16.2. The summed E-state index contributed by atoms with van der Waals surface area (Å²) >= 11 is 0. The van der Waals surface area contributed by atoms with Crippen molar-refractivity contribution in [1.82, 2.24) is 9.55 Å². The SMILES string of the molecule is CC(C)(C)c1cc2c(cc1C(C)(C)C)N(c1cccc(C(C)(C)c3ccccc3)c1)[CH-]N2c1[c-]c(Oc2[c-]c3c(cc2)c2ccccc2n3-c2cc(C(C)(C)c3ccccc3)ccn2)ccc1.[Pt]. The third-order valence-corrected chi connectivity index (χ3v) is 13.8. The van der Waals surface area contributed by atoms with E-state index < -0.39 is 0 Å². The summed E-state index contributed by atoms with van der Waals surface area (Å²) in [5, 5.41) is 2.22. The fraction of sp³-hybridized carbons (Fsp3) is 0.226. The van der Waals surface area contributed by atoms with Gasteiger partial charge >= 0.3 is 0 Å².